The predicted octanol–water partition coefficient (Wildman–Crippen LogP) is 4.65. The first kappa shape index (κ1) is 21.9. The Morgan fingerprint density at radius 2 is 1.84 bits per heavy atom. The molecule has 2 aromatic rings. The minimum atomic E-state index is 0.218. The average Bonchev–Trinajstić information content (AvgIpc) is 3.52. The Labute approximate surface area is 187 Å². The van der Waals surface area contributed by atoms with Gasteiger partial charge in [-0.2, -0.15) is 0 Å². The summed E-state index contributed by atoms with van der Waals surface area (Å²) in [6.07, 6.45) is 5.41. The van der Waals surface area contributed by atoms with E-state index in [0.29, 0.717) is 12.5 Å². The Bertz CT molecular complexity index is 859. The van der Waals surface area contributed by atoms with Crippen LogP contribution in [-0.4, -0.2) is 44.1 Å². The molecule has 4 heteroatoms. The van der Waals surface area contributed by atoms with Crippen LogP contribution < -0.4 is 10.1 Å². The molecule has 166 valence electrons. The zero-order chi connectivity index (χ0) is 21.7. The number of rotatable bonds is 9. The summed E-state index contributed by atoms with van der Waals surface area (Å²) in [5, 5.41) is 3.18. The maximum absolute atomic E-state index is 12.7. The van der Waals surface area contributed by atoms with Gasteiger partial charge < -0.3 is 15.0 Å². The Hall–Kier alpha value is -2.33. The highest BCUT2D eigenvalue weighted by Gasteiger charge is 2.58. The van der Waals surface area contributed by atoms with Gasteiger partial charge in [0, 0.05) is 12.5 Å². The van der Waals surface area contributed by atoms with E-state index in [4.69, 9.17) is 4.74 Å². The largest absolute Gasteiger partial charge is 0.496 e. The number of hydrogen-bond acceptors (Lipinski definition) is 3. The first-order chi connectivity index (χ1) is 15.1. The number of carbonyl (C=O) groups is 1. The molecule has 1 amide bonds. The second-order valence-corrected chi connectivity index (χ2v) is 9.41. The van der Waals surface area contributed by atoms with Crippen molar-refractivity contribution in [1.82, 2.24) is 10.2 Å². The highest BCUT2D eigenvalue weighted by atomic mass is 16.5. The highest BCUT2D eigenvalue weighted by Crippen LogP contribution is 2.59. The first-order valence-corrected chi connectivity index (χ1v) is 11.8. The van der Waals surface area contributed by atoms with E-state index >= 15 is 0 Å². The van der Waals surface area contributed by atoms with Gasteiger partial charge in [-0.05, 0) is 80.3 Å². The molecule has 1 N–H and O–H groups in total. The summed E-state index contributed by atoms with van der Waals surface area (Å²) in [4.78, 5) is 15.3. The summed E-state index contributed by atoms with van der Waals surface area (Å²) in [6.45, 7) is 6.42. The number of amides is 1. The van der Waals surface area contributed by atoms with Crippen molar-refractivity contribution >= 4 is 5.91 Å². The molecular weight excluding hydrogens is 384 g/mol. The number of nitrogens with zero attached hydrogens (tertiary/aromatic N) is 1. The molecule has 1 aliphatic carbocycles. The quantitative estimate of drug-likeness (QED) is 0.642. The van der Waals surface area contributed by atoms with E-state index in [9.17, 15) is 4.79 Å². The fraction of sp³-hybridized carbons (Fsp3) is 0.519. The summed E-state index contributed by atoms with van der Waals surface area (Å²) in [6, 6.07) is 18.8. The van der Waals surface area contributed by atoms with Crippen molar-refractivity contribution in [3.63, 3.8) is 0 Å². The molecule has 1 heterocycles. The molecule has 0 radical (unpaired) electrons. The molecule has 1 aliphatic heterocycles. The Morgan fingerprint density at radius 1 is 1.13 bits per heavy atom. The number of piperidine rings is 1. The normalized spacial score (nSPS) is 20.9. The van der Waals surface area contributed by atoms with Crippen LogP contribution in [0, 0.1) is 11.3 Å². The van der Waals surface area contributed by atoms with Crippen molar-refractivity contribution in [2.75, 3.05) is 33.3 Å². The van der Waals surface area contributed by atoms with Crippen LogP contribution in [0.3, 0.4) is 0 Å². The molecule has 2 atom stereocenters. The minimum absolute atomic E-state index is 0.218. The van der Waals surface area contributed by atoms with E-state index in [1.807, 2.05) is 18.2 Å². The first-order valence-electron chi connectivity index (χ1n) is 11.8. The number of carbonyl (C=O) groups excluding carboxylic acids is 1. The number of nitrogens with one attached hydrogen (secondary N) is 1. The van der Waals surface area contributed by atoms with Gasteiger partial charge >= 0.3 is 0 Å². The van der Waals surface area contributed by atoms with Crippen molar-refractivity contribution in [2.45, 2.75) is 44.9 Å². The lowest BCUT2D eigenvalue weighted by Gasteiger charge is -2.33. The van der Waals surface area contributed by atoms with Gasteiger partial charge in [0.25, 0.3) is 0 Å². The fourth-order valence-electron chi connectivity index (χ4n) is 5.17. The van der Waals surface area contributed by atoms with E-state index < -0.39 is 0 Å². The van der Waals surface area contributed by atoms with E-state index in [2.05, 4.69) is 53.5 Å². The molecule has 1 saturated carbocycles. The molecule has 4 rings (SSSR count). The van der Waals surface area contributed by atoms with Crippen LogP contribution in [0.25, 0.3) is 0 Å². The summed E-state index contributed by atoms with van der Waals surface area (Å²) < 4.78 is 5.40. The molecule has 1 saturated heterocycles. The number of methoxy groups -OCH3 is 1. The molecule has 1 spiro atoms. The van der Waals surface area contributed by atoms with Crippen molar-refractivity contribution in [3.8, 4) is 5.75 Å². The van der Waals surface area contributed by atoms with E-state index in [1.54, 1.807) is 7.11 Å². The Balaban J connectivity index is 1.17. The Kier molecular flexibility index (Phi) is 6.96. The maximum Gasteiger partial charge on any atom is 0.223 e. The molecule has 2 aromatic carbocycles. The molecule has 2 aliphatic rings. The van der Waals surface area contributed by atoms with E-state index in [0.717, 1.165) is 56.6 Å². The second kappa shape index (κ2) is 9.86. The SMILES string of the molecule is COc1ccccc1CCNC(=O)[C@@H]1CC12CCN(CC[C@H](C)c1ccccc1)CC2. The van der Waals surface area contributed by atoms with Crippen LogP contribution in [0.2, 0.25) is 0 Å². The monoisotopic (exact) mass is 420 g/mol. The molecule has 31 heavy (non-hydrogen) atoms. The second-order valence-electron chi connectivity index (χ2n) is 9.41. The highest BCUT2D eigenvalue weighted by molar-refractivity contribution is 5.82. The van der Waals surface area contributed by atoms with Gasteiger partial charge in [-0.3, -0.25) is 4.79 Å². The third kappa shape index (κ3) is 5.30. The van der Waals surface area contributed by atoms with E-state index in [1.165, 1.54) is 12.0 Å². The number of para-hydroxylation sites is 1. The third-order valence-corrected chi connectivity index (χ3v) is 7.49. The third-order valence-electron chi connectivity index (χ3n) is 7.49. The van der Waals surface area contributed by atoms with E-state index in [-0.39, 0.29) is 17.2 Å². The summed E-state index contributed by atoms with van der Waals surface area (Å²) in [7, 11) is 1.69. The smallest absolute Gasteiger partial charge is 0.223 e. The number of ether oxygens (including phenoxy) is 1. The van der Waals surface area contributed by atoms with Crippen LogP contribution in [0.5, 0.6) is 5.75 Å². The molecule has 4 nitrogen and oxygen atoms in total. The Morgan fingerprint density at radius 3 is 2.58 bits per heavy atom. The lowest BCUT2D eigenvalue weighted by molar-refractivity contribution is -0.123. The van der Waals surface area contributed by atoms with Crippen LogP contribution in [0.1, 0.15) is 49.7 Å². The van der Waals surface area contributed by atoms with Crippen molar-refractivity contribution in [3.05, 3.63) is 65.7 Å². The van der Waals surface area contributed by atoms with Crippen molar-refractivity contribution in [1.29, 1.82) is 0 Å². The van der Waals surface area contributed by atoms with Gasteiger partial charge in [0.1, 0.15) is 5.75 Å². The lowest BCUT2D eigenvalue weighted by atomic mass is 9.90. The minimum Gasteiger partial charge on any atom is -0.496 e. The maximum atomic E-state index is 12.7. The van der Waals surface area contributed by atoms with Crippen LogP contribution >= 0.6 is 0 Å². The number of likely N-dealkylation sites (tertiary alicyclic amines) is 1. The van der Waals surface area contributed by atoms with Crippen LogP contribution in [0.15, 0.2) is 54.6 Å². The zero-order valence-corrected chi connectivity index (χ0v) is 19.0. The van der Waals surface area contributed by atoms with Gasteiger partial charge in [0.05, 0.1) is 7.11 Å². The summed E-state index contributed by atoms with van der Waals surface area (Å²) in [5.41, 5.74) is 2.85. The van der Waals surface area contributed by atoms with Gasteiger partial charge in [0.2, 0.25) is 5.91 Å². The lowest BCUT2D eigenvalue weighted by Crippen LogP contribution is -2.38. The molecule has 0 aromatic heterocycles. The molecular formula is C27H36N2O2. The van der Waals surface area contributed by atoms with Gasteiger partial charge in [-0.1, -0.05) is 55.5 Å². The molecule has 2 fully saturated rings. The van der Waals surface area contributed by atoms with Crippen LogP contribution in [-0.2, 0) is 11.2 Å². The van der Waals surface area contributed by atoms with Crippen LogP contribution in [0.4, 0.5) is 0 Å². The standard InChI is InChI=1S/C27H36N2O2/c1-21(22-8-4-3-5-9-22)13-17-29-18-14-27(15-19-29)20-24(27)26(30)28-16-12-23-10-6-7-11-25(23)31-2/h3-11,21,24H,12-20H2,1-2H3,(H,28,30)/t21-,24-/m0/s1. The van der Waals surface area contributed by atoms with Gasteiger partial charge in [0.15, 0.2) is 0 Å². The average molecular weight is 421 g/mol. The zero-order valence-electron chi connectivity index (χ0n) is 19.0. The molecule has 0 unspecified atom stereocenters. The van der Waals surface area contributed by atoms with Gasteiger partial charge in [-0.15, -0.1) is 0 Å². The summed E-state index contributed by atoms with van der Waals surface area (Å²) >= 11 is 0. The van der Waals surface area contributed by atoms with Crippen molar-refractivity contribution < 1.29 is 9.53 Å². The number of hydrogen-bond donors (Lipinski definition) is 1. The molecule has 0 bridgehead atoms. The fourth-order valence-corrected chi connectivity index (χ4v) is 5.17. The van der Waals surface area contributed by atoms with Crippen molar-refractivity contribution in [2.24, 2.45) is 11.3 Å². The predicted molar refractivity (Wildman–Crippen MR) is 125 cm³/mol. The summed E-state index contributed by atoms with van der Waals surface area (Å²) in [5.74, 6) is 1.96. The number of benzene rings is 2. The van der Waals surface area contributed by atoms with Gasteiger partial charge in [-0.25, -0.2) is 0 Å². The topological polar surface area (TPSA) is 41.6 Å².